The minimum atomic E-state index is -3.87. The van der Waals surface area contributed by atoms with E-state index in [0.29, 0.717) is 17.3 Å². The summed E-state index contributed by atoms with van der Waals surface area (Å²) in [6, 6.07) is 5.48. The summed E-state index contributed by atoms with van der Waals surface area (Å²) in [5.41, 5.74) is 2.22. The highest BCUT2D eigenvalue weighted by atomic mass is 32.2. The van der Waals surface area contributed by atoms with Gasteiger partial charge in [0.25, 0.3) is 10.0 Å². The van der Waals surface area contributed by atoms with Crippen LogP contribution in [0.4, 0.5) is 0 Å². The van der Waals surface area contributed by atoms with Crippen LogP contribution in [0.5, 0.6) is 5.75 Å². The van der Waals surface area contributed by atoms with Gasteiger partial charge in [-0.1, -0.05) is 12.1 Å². The SMILES string of the molecule is Cc1nc(C)c(S(=O)(=O)NC(=O)Cc2ccc3c(c2)CCO3)s1. The molecule has 1 N–H and O–H groups in total. The number of thiazole rings is 1. The van der Waals surface area contributed by atoms with E-state index in [-0.39, 0.29) is 10.6 Å². The maximum absolute atomic E-state index is 12.3. The number of ether oxygens (including phenoxy) is 1. The van der Waals surface area contributed by atoms with Gasteiger partial charge in [0, 0.05) is 6.42 Å². The van der Waals surface area contributed by atoms with Crippen LogP contribution in [0.15, 0.2) is 22.4 Å². The zero-order valence-electron chi connectivity index (χ0n) is 12.8. The first-order valence-electron chi connectivity index (χ1n) is 7.09. The minimum Gasteiger partial charge on any atom is -0.493 e. The number of hydrogen-bond donors (Lipinski definition) is 1. The van der Waals surface area contributed by atoms with Gasteiger partial charge in [0.2, 0.25) is 5.91 Å². The van der Waals surface area contributed by atoms with Crippen molar-refractivity contribution in [3.63, 3.8) is 0 Å². The fourth-order valence-electron chi connectivity index (χ4n) is 2.53. The summed E-state index contributed by atoms with van der Waals surface area (Å²) in [5, 5.41) is 0.647. The molecule has 1 aliphatic heterocycles. The average Bonchev–Trinajstić information content (AvgIpc) is 3.03. The Hall–Kier alpha value is -1.93. The van der Waals surface area contributed by atoms with E-state index in [1.54, 1.807) is 19.9 Å². The molecule has 23 heavy (non-hydrogen) atoms. The van der Waals surface area contributed by atoms with Crippen molar-refractivity contribution in [2.24, 2.45) is 0 Å². The molecule has 0 spiro atoms. The quantitative estimate of drug-likeness (QED) is 0.906. The van der Waals surface area contributed by atoms with Crippen LogP contribution in [-0.4, -0.2) is 25.9 Å². The summed E-state index contributed by atoms with van der Waals surface area (Å²) in [5.74, 6) is 0.270. The molecule has 0 bridgehead atoms. The number of nitrogens with zero attached hydrogens (tertiary/aromatic N) is 1. The van der Waals surface area contributed by atoms with Crippen LogP contribution in [0, 0.1) is 13.8 Å². The Kier molecular flexibility index (Phi) is 4.11. The molecule has 2 aromatic rings. The summed E-state index contributed by atoms with van der Waals surface area (Å²) in [6.07, 6.45) is 0.811. The molecule has 6 nitrogen and oxygen atoms in total. The molecule has 0 fully saturated rings. The lowest BCUT2D eigenvalue weighted by molar-refractivity contribution is -0.118. The number of fused-ring (bicyclic) bond motifs is 1. The van der Waals surface area contributed by atoms with E-state index < -0.39 is 15.9 Å². The largest absolute Gasteiger partial charge is 0.493 e. The molecule has 1 aliphatic rings. The summed E-state index contributed by atoms with van der Waals surface area (Å²) in [6.45, 7) is 3.98. The van der Waals surface area contributed by atoms with Crippen LogP contribution in [0.1, 0.15) is 21.8 Å². The van der Waals surface area contributed by atoms with Gasteiger partial charge in [0.05, 0.1) is 23.7 Å². The maximum atomic E-state index is 12.3. The molecule has 0 saturated carbocycles. The van der Waals surface area contributed by atoms with E-state index in [2.05, 4.69) is 9.71 Å². The molecule has 0 radical (unpaired) electrons. The highest BCUT2D eigenvalue weighted by molar-refractivity contribution is 7.92. The third-order valence-electron chi connectivity index (χ3n) is 3.47. The first-order valence-corrected chi connectivity index (χ1v) is 9.39. The molecule has 0 unspecified atom stereocenters. The zero-order chi connectivity index (χ0) is 16.6. The van der Waals surface area contributed by atoms with Crippen molar-refractivity contribution < 1.29 is 17.9 Å². The summed E-state index contributed by atoms with van der Waals surface area (Å²) in [7, 11) is -3.87. The molecule has 1 aromatic heterocycles. The minimum absolute atomic E-state index is 0.00332. The number of carbonyl (C=O) groups excluding carboxylic acids is 1. The molecule has 122 valence electrons. The van der Waals surface area contributed by atoms with Crippen molar-refractivity contribution in [2.45, 2.75) is 30.9 Å². The predicted octanol–water partition coefficient (Wildman–Crippen LogP) is 1.74. The molecular weight excluding hydrogens is 336 g/mol. The second-order valence-electron chi connectivity index (χ2n) is 5.35. The third kappa shape index (κ3) is 3.37. The van der Waals surface area contributed by atoms with Gasteiger partial charge in [0.1, 0.15) is 5.75 Å². The first-order chi connectivity index (χ1) is 10.8. The monoisotopic (exact) mass is 352 g/mol. The highest BCUT2D eigenvalue weighted by Crippen LogP contribution is 2.26. The average molecular weight is 352 g/mol. The number of aryl methyl sites for hydroxylation is 2. The topological polar surface area (TPSA) is 85.4 Å². The summed E-state index contributed by atoms with van der Waals surface area (Å²) >= 11 is 1.06. The normalized spacial score (nSPS) is 13.5. The van der Waals surface area contributed by atoms with E-state index in [0.717, 1.165) is 34.6 Å². The Labute approximate surface area is 138 Å². The van der Waals surface area contributed by atoms with Crippen molar-refractivity contribution in [3.8, 4) is 5.75 Å². The van der Waals surface area contributed by atoms with Gasteiger partial charge in [-0.05, 0) is 31.0 Å². The van der Waals surface area contributed by atoms with Gasteiger partial charge in [-0.2, -0.15) is 0 Å². The van der Waals surface area contributed by atoms with Gasteiger partial charge in [-0.25, -0.2) is 18.1 Å². The third-order valence-corrected chi connectivity index (χ3v) is 6.53. The van der Waals surface area contributed by atoms with E-state index in [1.807, 2.05) is 12.1 Å². The molecule has 1 amide bonds. The molecular formula is C15H16N2O4S2. The van der Waals surface area contributed by atoms with E-state index in [9.17, 15) is 13.2 Å². The van der Waals surface area contributed by atoms with Crippen LogP contribution >= 0.6 is 11.3 Å². The number of amides is 1. The number of aromatic nitrogens is 1. The fourth-order valence-corrected chi connectivity index (χ4v) is 5.00. The molecule has 0 saturated heterocycles. The summed E-state index contributed by atoms with van der Waals surface area (Å²) in [4.78, 5) is 16.2. The molecule has 0 atom stereocenters. The lowest BCUT2D eigenvalue weighted by Gasteiger charge is -2.07. The van der Waals surface area contributed by atoms with Crippen LogP contribution in [0.3, 0.4) is 0 Å². The van der Waals surface area contributed by atoms with Gasteiger partial charge < -0.3 is 4.74 Å². The number of hydrogen-bond acceptors (Lipinski definition) is 6. The van der Waals surface area contributed by atoms with E-state index in [4.69, 9.17) is 4.74 Å². The Balaban J connectivity index is 1.73. The van der Waals surface area contributed by atoms with Gasteiger partial charge in [-0.15, -0.1) is 11.3 Å². The van der Waals surface area contributed by atoms with Crippen LogP contribution < -0.4 is 9.46 Å². The summed E-state index contributed by atoms with van der Waals surface area (Å²) < 4.78 is 32.2. The zero-order valence-corrected chi connectivity index (χ0v) is 14.4. The first kappa shape index (κ1) is 15.9. The smallest absolute Gasteiger partial charge is 0.275 e. The number of sulfonamides is 1. The Morgan fingerprint density at radius 2 is 2.17 bits per heavy atom. The highest BCUT2D eigenvalue weighted by Gasteiger charge is 2.23. The van der Waals surface area contributed by atoms with Crippen molar-refractivity contribution in [2.75, 3.05) is 6.61 Å². The number of benzene rings is 1. The van der Waals surface area contributed by atoms with Crippen molar-refractivity contribution >= 4 is 27.3 Å². The molecule has 2 heterocycles. The Morgan fingerprint density at radius 1 is 1.39 bits per heavy atom. The number of carbonyl (C=O) groups is 1. The molecule has 8 heteroatoms. The lowest BCUT2D eigenvalue weighted by Crippen LogP contribution is -2.31. The van der Waals surface area contributed by atoms with Crippen molar-refractivity contribution in [1.29, 1.82) is 0 Å². The van der Waals surface area contributed by atoms with Crippen LogP contribution in [-0.2, 0) is 27.7 Å². The van der Waals surface area contributed by atoms with E-state index in [1.165, 1.54) is 0 Å². The Morgan fingerprint density at radius 3 is 2.87 bits per heavy atom. The standard InChI is InChI=1S/C15H16N2O4S2/c1-9-15(22-10(2)16-9)23(19,20)17-14(18)8-11-3-4-13-12(7-11)5-6-21-13/h3-4,7H,5-6,8H2,1-2H3,(H,17,18). The molecule has 1 aromatic carbocycles. The molecule has 3 rings (SSSR count). The van der Waals surface area contributed by atoms with E-state index >= 15 is 0 Å². The molecule has 0 aliphatic carbocycles. The van der Waals surface area contributed by atoms with Gasteiger partial charge >= 0.3 is 0 Å². The second kappa shape index (κ2) is 5.93. The number of rotatable bonds is 4. The van der Waals surface area contributed by atoms with Crippen LogP contribution in [0.2, 0.25) is 0 Å². The maximum Gasteiger partial charge on any atom is 0.275 e. The number of nitrogens with one attached hydrogen (secondary N) is 1. The predicted molar refractivity (Wildman–Crippen MR) is 86.3 cm³/mol. The van der Waals surface area contributed by atoms with Crippen molar-refractivity contribution in [1.82, 2.24) is 9.71 Å². The second-order valence-corrected chi connectivity index (χ2v) is 8.43. The van der Waals surface area contributed by atoms with Crippen molar-refractivity contribution in [3.05, 3.63) is 40.0 Å². The van der Waals surface area contributed by atoms with Gasteiger partial charge in [-0.3, -0.25) is 4.79 Å². The van der Waals surface area contributed by atoms with Crippen LogP contribution in [0.25, 0.3) is 0 Å². The Bertz CT molecular complexity index is 872. The lowest BCUT2D eigenvalue weighted by atomic mass is 10.1. The van der Waals surface area contributed by atoms with Gasteiger partial charge in [0.15, 0.2) is 4.21 Å². The fraction of sp³-hybridized carbons (Fsp3) is 0.333.